The number of anilines is 1. The number of aryl methyl sites for hydroxylation is 2. The fraction of sp³-hybridized carbons (Fsp3) is 0.538. The molecular weight excluding hydrogens is 256 g/mol. The SMILES string of the molecule is CCc1nc(CC)n(-c2cc(NC)nc(COC)n2)n1. The molecule has 0 amide bonds. The Bertz CT molecular complexity index is 580. The molecule has 0 unspecified atom stereocenters. The van der Waals surface area contributed by atoms with Crippen LogP contribution in [0.1, 0.15) is 31.3 Å². The standard InChI is InChI=1S/C13H20N6O/c1-5-9-16-12(6-2)19(18-9)13-7-10(14-3)15-11(17-13)8-20-4/h7H,5-6,8H2,1-4H3,(H,14,15,17). The average Bonchev–Trinajstić information content (AvgIpc) is 2.90. The van der Waals surface area contributed by atoms with Gasteiger partial charge < -0.3 is 10.1 Å². The number of hydrogen-bond donors (Lipinski definition) is 1. The van der Waals surface area contributed by atoms with Gasteiger partial charge in [0.1, 0.15) is 18.2 Å². The smallest absolute Gasteiger partial charge is 0.161 e. The second-order valence-corrected chi connectivity index (χ2v) is 4.27. The van der Waals surface area contributed by atoms with Gasteiger partial charge in [0, 0.05) is 33.1 Å². The molecule has 0 spiro atoms. The summed E-state index contributed by atoms with van der Waals surface area (Å²) >= 11 is 0. The van der Waals surface area contributed by atoms with E-state index >= 15 is 0 Å². The van der Waals surface area contributed by atoms with Gasteiger partial charge in [-0.3, -0.25) is 0 Å². The summed E-state index contributed by atoms with van der Waals surface area (Å²) < 4.78 is 6.88. The first-order valence-corrected chi connectivity index (χ1v) is 6.71. The minimum atomic E-state index is 0.360. The molecule has 7 heteroatoms. The van der Waals surface area contributed by atoms with Crippen LogP contribution in [-0.2, 0) is 24.2 Å². The Morgan fingerprint density at radius 1 is 1.15 bits per heavy atom. The van der Waals surface area contributed by atoms with Crippen molar-refractivity contribution in [1.29, 1.82) is 0 Å². The minimum Gasteiger partial charge on any atom is -0.377 e. The molecule has 2 rings (SSSR count). The highest BCUT2D eigenvalue weighted by atomic mass is 16.5. The van der Waals surface area contributed by atoms with E-state index in [2.05, 4.69) is 32.3 Å². The maximum Gasteiger partial charge on any atom is 0.161 e. The number of nitrogens with zero attached hydrogens (tertiary/aromatic N) is 5. The molecule has 108 valence electrons. The number of hydrogen-bond acceptors (Lipinski definition) is 6. The molecule has 0 bridgehead atoms. The molecule has 1 N–H and O–H groups in total. The highest BCUT2D eigenvalue weighted by molar-refractivity contribution is 5.41. The second kappa shape index (κ2) is 6.42. The van der Waals surface area contributed by atoms with E-state index < -0.39 is 0 Å². The minimum absolute atomic E-state index is 0.360. The summed E-state index contributed by atoms with van der Waals surface area (Å²) in [4.78, 5) is 13.3. The first-order valence-electron chi connectivity index (χ1n) is 6.71. The molecule has 20 heavy (non-hydrogen) atoms. The lowest BCUT2D eigenvalue weighted by atomic mass is 10.4. The predicted molar refractivity (Wildman–Crippen MR) is 76.0 cm³/mol. The zero-order valence-electron chi connectivity index (χ0n) is 12.3. The van der Waals surface area contributed by atoms with Crippen LogP contribution < -0.4 is 5.32 Å². The van der Waals surface area contributed by atoms with Crippen molar-refractivity contribution in [2.75, 3.05) is 19.5 Å². The predicted octanol–water partition coefficient (Wildman–Crippen LogP) is 1.37. The summed E-state index contributed by atoms with van der Waals surface area (Å²) in [5, 5.41) is 7.52. The van der Waals surface area contributed by atoms with Gasteiger partial charge in [-0.2, -0.15) is 4.68 Å². The zero-order chi connectivity index (χ0) is 14.5. The van der Waals surface area contributed by atoms with E-state index in [1.165, 1.54) is 0 Å². The van der Waals surface area contributed by atoms with Crippen molar-refractivity contribution in [1.82, 2.24) is 24.7 Å². The van der Waals surface area contributed by atoms with Crippen LogP contribution >= 0.6 is 0 Å². The molecule has 2 heterocycles. The van der Waals surface area contributed by atoms with Gasteiger partial charge in [0.05, 0.1) is 0 Å². The molecule has 0 atom stereocenters. The van der Waals surface area contributed by atoms with Gasteiger partial charge in [0.25, 0.3) is 0 Å². The molecule has 0 saturated heterocycles. The zero-order valence-corrected chi connectivity index (χ0v) is 12.3. The summed E-state index contributed by atoms with van der Waals surface area (Å²) in [5.41, 5.74) is 0. The Hall–Kier alpha value is -2.02. The van der Waals surface area contributed by atoms with Gasteiger partial charge in [-0.15, -0.1) is 5.10 Å². The Kier molecular flexibility index (Phi) is 4.62. The van der Waals surface area contributed by atoms with Crippen LogP contribution in [0.25, 0.3) is 5.82 Å². The van der Waals surface area contributed by atoms with Gasteiger partial charge in [-0.1, -0.05) is 13.8 Å². The van der Waals surface area contributed by atoms with Crippen molar-refractivity contribution in [3.8, 4) is 5.82 Å². The highest BCUT2D eigenvalue weighted by Gasteiger charge is 2.12. The van der Waals surface area contributed by atoms with Gasteiger partial charge in [0.15, 0.2) is 17.5 Å². The number of nitrogens with one attached hydrogen (secondary N) is 1. The first-order chi connectivity index (χ1) is 9.71. The molecule has 2 aromatic heterocycles. The van der Waals surface area contributed by atoms with Crippen molar-refractivity contribution in [2.24, 2.45) is 0 Å². The van der Waals surface area contributed by atoms with Crippen LogP contribution in [0.2, 0.25) is 0 Å². The van der Waals surface area contributed by atoms with Gasteiger partial charge in [0.2, 0.25) is 0 Å². The van der Waals surface area contributed by atoms with E-state index in [1.807, 2.05) is 20.0 Å². The number of rotatable bonds is 6. The average molecular weight is 276 g/mol. The third-order valence-electron chi connectivity index (χ3n) is 2.86. The Balaban J connectivity index is 2.50. The lowest BCUT2D eigenvalue weighted by Crippen LogP contribution is -2.10. The highest BCUT2D eigenvalue weighted by Crippen LogP contribution is 2.13. The van der Waals surface area contributed by atoms with E-state index in [9.17, 15) is 0 Å². The van der Waals surface area contributed by atoms with E-state index in [0.717, 1.165) is 30.3 Å². The van der Waals surface area contributed by atoms with Crippen molar-refractivity contribution >= 4 is 5.82 Å². The van der Waals surface area contributed by atoms with Crippen LogP contribution in [0, 0.1) is 0 Å². The van der Waals surface area contributed by atoms with Crippen molar-refractivity contribution < 1.29 is 4.74 Å². The topological polar surface area (TPSA) is 77.8 Å². The largest absolute Gasteiger partial charge is 0.377 e. The van der Waals surface area contributed by atoms with Gasteiger partial charge in [-0.05, 0) is 0 Å². The molecule has 0 radical (unpaired) electrons. The second-order valence-electron chi connectivity index (χ2n) is 4.27. The molecule has 0 aliphatic rings. The van der Waals surface area contributed by atoms with Crippen LogP contribution in [0.3, 0.4) is 0 Å². The normalized spacial score (nSPS) is 10.8. The van der Waals surface area contributed by atoms with Crippen LogP contribution in [-0.4, -0.2) is 38.9 Å². The quantitative estimate of drug-likeness (QED) is 0.858. The van der Waals surface area contributed by atoms with Gasteiger partial charge >= 0.3 is 0 Å². The number of methoxy groups -OCH3 is 1. The Labute approximate surface area is 118 Å². The van der Waals surface area contributed by atoms with E-state index in [4.69, 9.17) is 4.74 Å². The molecule has 0 saturated carbocycles. The fourth-order valence-electron chi connectivity index (χ4n) is 1.87. The first kappa shape index (κ1) is 14.4. The molecule has 7 nitrogen and oxygen atoms in total. The lowest BCUT2D eigenvalue weighted by molar-refractivity contribution is 0.178. The van der Waals surface area contributed by atoms with Gasteiger partial charge in [-0.25, -0.2) is 15.0 Å². The van der Waals surface area contributed by atoms with Crippen LogP contribution in [0.15, 0.2) is 6.07 Å². The summed E-state index contributed by atoms with van der Waals surface area (Å²) in [6, 6.07) is 1.85. The molecule has 2 aromatic rings. The maximum atomic E-state index is 5.10. The molecule has 0 aliphatic heterocycles. The lowest BCUT2D eigenvalue weighted by Gasteiger charge is -2.08. The third-order valence-corrected chi connectivity index (χ3v) is 2.86. The summed E-state index contributed by atoms with van der Waals surface area (Å²) in [6.07, 6.45) is 1.60. The molecule has 0 fully saturated rings. The molecule has 0 aliphatic carbocycles. The number of ether oxygens (including phenoxy) is 1. The van der Waals surface area contributed by atoms with E-state index in [0.29, 0.717) is 18.2 Å². The molecular formula is C13H20N6O. The summed E-state index contributed by atoms with van der Waals surface area (Å²) in [6.45, 7) is 4.45. The van der Waals surface area contributed by atoms with Crippen LogP contribution in [0.4, 0.5) is 5.82 Å². The van der Waals surface area contributed by atoms with Crippen LogP contribution in [0.5, 0.6) is 0 Å². The van der Waals surface area contributed by atoms with Crippen molar-refractivity contribution in [2.45, 2.75) is 33.3 Å². The van der Waals surface area contributed by atoms with E-state index in [1.54, 1.807) is 11.8 Å². The monoisotopic (exact) mass is 276 g/mol. The maximum absolute atomic E-state index is 5.10. The van der Waals surface area contributed by atoms with E-state index in [-0.39, 0.29) is 0 Å². The fourth-order valence-corrected chi connectivity index (χ4v) is 1.87. The Morgan fingerprint density at radius 3 is 2.55 bits per heavy atom. The van der Waals surface area contributed by atoms with Crippen molar-refractivity contribution in [3.05, 3.63) is 23.5 Å². The summed E-state index contributed by atoms with van der Waals surface area (Å²) in [7, 11) is 3.44. The van der Waals surface area contributed by atoms with Crippen molar-refractivity contribution in [3.63, 3.8) is 0 Å². The third kappa shape index (κ3) is 2.93. The molecule has 0 aromatic carbocycles. The number of aromatic nitrogens is 5. The Morgan fingerprint density at radius 2 is 1.95 bits per heavy atom. The summed E-state index contributed by atoms with van der Waals surface area (Å²) in [5.74, 6) is 3.77.